The van der Waals surface area contributed by atoms with Gasteiger partial charge in [-0.1, -0.05) is 0 Å². The number of amides is 1. The number of thiophene rings is 1. The van der Waals surface area contributed by atoms with Crippen LogP contribution in [0.2, 0.25) is 0 Å². The number of nitrogens with one attached hydrogen (secondary N) is 2. The first-order valence-corrected chi connectivity index (χ1v) is 8.43. The quantitative estimate of drug-likeness (QED) is 0.896. The molecule has 0 aliphatic carbocycles. The van der Waals surface area contributed by atoms with E-state index in [-0.39, 0.29) is 11.9 Å². The Labute approximate surface area is 145 Å². The van der Waals surface area contributed by atoms with Crippen LogP contribution in [0.1, 0.15) is 17.4 Å². The third-order valence-electron chi connectivity index (χ3n) is 4.35. The lowest BCUT2D eigenvalue weighted by Gasteiger charge is -2.43. The summed E-state index contributed by atoms with van der Waals surface area (Å²) >= 11 is 1.54. The van der Waals surface area contributed by atoms with Crippen LogP contribution in [0, 0.1) is 12.3 Å². The number of nitrogens with zero attached hydrogens (tertiary/aromatic N) is 2. The average molecular weight is 344 g/mol. The third kappa shape index (κ3) is 2.59. The van der Waals surface area contributed by atoms with Gasteiger partial charge in [-0.05, 0) is 42.5 Å². The molecule has 1 aliphatic rings. The van der Waals surface area contributed by atoms with Crippen molar-refractivity contribution in [1.29, 1.82) is 5.41 Å². The second-order valence-corrected chi connectivity index (χ2v) is 7.05. The van der Waals surface area contributed by atoms with Gasteiger partial charge in [0.1, 0.15) is 5.54 Å². The van der Waals surface area contributed by atoms with Gasteiger partial charge in [0.2, 0.25) is 0 Å². The molecule has 2 aromatic heterocycles. The SMILES string of the molecule is CO[C@@H]1C(=O)N(C)C(=N)N[C@]1(C)c1cc(-c2cncc(C)c2)cs1. The molecule has 1 saturated heterocycles. The number of pyridine rings is 1. The van der Waals surface area contributed by atoms with Crippen LogP contribution in [0.3, 0.4) is 0 Å². The summed E-state index contributed by atoms with van der Waals surface area (Å²) in [6.45, 7) is 3.90. The number of rotatable bonds is 3. The molecule has 6 nitrogen and oxygen atoms in total. The summed E-state index contributed by atoms with van der Waals surface area (Å²) < 4.78 is 5.47. The number of hydrogen-bond acceptors (Lipinski definition) is 5. The number of carbonyl (C=O) groups is 1. The van der Waals surface area contributed by atoms with E-state index < -0.39 is 11.6 Å². The number of methoxy groups -OCH3 is 1. The zero-order valence-corrected chi connectivity index (χ0v) is 14.9. The van der Waals surface area contributed by atoms with Gasteiger partial charge in [0.15, 0.2) is 12.1 Å². The van der Waals surface area contributed by atoms with Crippen molar-refractivity contribution in [1.82, 2.24) is 15.2 Å². The maximum absolute atomic E-state index is 12.5. The highest BCUT2D eigenvalue weighted by Crippen LogP contribution is 2.37. The Morgan fingerprint density at radius 3 is 2.79 bits per heavy atom. The molecular weight excluding hydrogens is 324 g/mol. The number of carbonyl (C=O) groups excluding carboxylic acids is 1. The lowest BCUT2D eigenvalue weighted by Crippen LogP contribution is -2.66. The monoisotopic (exact) mass is 344 g/mol. The lowest BCUT2D eigenvalue weighted by molar-refractivity contribution is -0.144. The molecule has 0 aromatic carbocycles. The summed E-state index contributed by atoms with van der Waals surface area (Å²) in [5.74, 6) is -0.154. The van der Waals surface area contributed by atoms with Crippen molar-refractivity contribution >= 4 is 23.2 Å². The zero-order chi connectivity index (χ0) is 17.5. The summed E-state index contributed by atoms with van der Waals surface area (Å²) in [6.07, 6.45) is 2.95. The average Bonchev–Trinajstić information content (AvgIpc) is 3.04. The van der Waals surface area contributed by atoms with Gasteiger partial charge in [-0.2, -0.15) is 0 Å². The van der Waals surface area contributed by atoms with Crippen molar-refractivity contribution in [3.8, 4) is 11.1 Å². The predicted octanol–water partition coefficient (Wildman–Crippen LogP) is 2.35. The van der Waals surface area contributed by atoms with Gasteiger partial charge in [0, 0.05) is 37.0 Å². The second kappa shape index (κ2) is 5.99. The molecule has 24 heavy (non-hydrogen) atoms. The van der Waals surface area contributed by atoms with E-state index in [0.29, 0.717) is 0 Å². The smallest absolute Gasteiger partial charge is 0.260 e. The molecule has 7 heteroatoms. The fourth-order valence-electron chi connectivity index (χ4n) is 2.93. The minimum atomic E-state index is -0.782. The third-order valence-corrected chi connectivity index (χ3v) is 5.52. The fraction of sp³-hybridized carbons (Fsp3) is 0.353. The summed E-state index contributed by atoms with van der Waals surface area (Å²) in [6, 6.07) is 4.11. The molecule has 1 amide bonds. The van der Waals surface area contributed by atoms with E-state index >= 15 is 0 Å². The van der Waals surface area contributed by atoms with Crippen LogP contribution in [-0.4, -0.2) is 42.0 Å². The van der Waals surface area contributed by atoms with Crippen LogP contribution in [0.25, 0.3) is 11.1 Å². The van der Waals surface area contributed by atoms with Crippen molar-refractivity contribution in [2.75, 3.05) is 14.2 Å². The minimum absolute atomic E-state index is 0.0722. The van der Waals surface area contributed by atoms with Gasteiger partial charge in [-0.3, -0.25) is 20.1 Å². The number of aryl methyl sites for hydroxylation is 1. The molecule has 1 fully saturated rings. The summed E-state index contributed by atoms with van der Waals surface area (Å²) in [4.78, 5) is 18.9. The molecule has 3 rings (SSSR count). The van der Waals surface area contributed by atoms with Gasteiger partial charge in [0.05, 0.1) is 0 Å². The van der Waals surface area contributed by atoms with Gasteiger partial charge < -0.3 is 10.1 Å². The number of hydrogen-bond donors (Lipinski definition) is 2. The Balaban J connectivity index is 2.01. The highest BCUT2D eigenvalue weighted by Gasteiger charge is 2.48. The Hall–Kier alpha value is -2.25. The van der Waals surface area contributed by atoms with Crippen LogP contribution in [-0.2, 0) is 15.1 Å². The van der Waals surface area contributed by atoms with E-state index in [4.69, 9.17) is 10.1 Å². The largest absolute Gasteiger partial charge is 0.369 e. The minimum Gasteiger partial charge on any atom is -0.369 e. The van der Waals surface area contributed by atoms with Crippen molar-refractivity contribution in [2.24, 2.45) is 0 Å². The van der Waals surface area contributed by atoms with Gasteiger partial charge >= 0.3 is 0 Å². The molecule has 0 radical (unpaired) electrons. The molecule has 3 heterocycles. The molecule has 2 atom stereocenters. The normalized spacial score (nSPS) is 24.2. The predicted molar refractivity (Wildman–Crippen MR) is 94.1 cm³/mol. The van der Waals surface area contributed by atoms with Crippen LogP contribution in [0.4, 0.5) is 0 Å². The molecule has 2 aromatic rings. The van der Waals surface area contributed by atoms with E-state index in [0.717, 1.165) is 21.6 Å². The zero-order valence-electron chi connectivity index (χ0n) is 14.1. The van der Waals surface area contributed by atoms with E-state index in [1.54, 1.807) is 18.4 Å². The Morgan fingerprint density at radius 2 is 2.12 bits per heavy atom. The van der Waals surface area contributed by atoms with Crippen molar-refractivity contribution in [3.63, 3.8) is 0 Å². The second-order valence-electron chi connectivity index (χ2n) is 6.14. The number of guanidine groups is 1. The first-order valence-electron chi connectivity index (χ1n) is 7.55. The molecule has 126 valence electrons. The summed E-state index contributed by atoms with van der Waals surface area (Å²) in [5, 5.41) is 13.2. The Morgan fingerprint density at radius 1 is 1.38 bits per heavy atom. The van der Waals surface area contributed by atoms with E-state index in [1.165, 1.54) is 12.0 Å². The van der Waals surface area contributed by atoms with Crippen molar-refractivity contribution < 1.29 is 9.53 Å². The molecule has 1 aliphatic heterocycles. The van der Waals surface area contributed by atoms with Crippen LogP contribution >= 0.6 is 11.3 Å². The first kappa shape index (κ1) is 16.6. The summed E-state index contributed by atoms with van der Waals surface area (Å²) in [5.41, 5.74) is 2.39. The van der Waals surface area contributed by atoms with Gasteiger partial charge in [-0.25, -0.2) is 0 Å². The molecule has 0 unspecified atom stereocenters. The van der Waals surface area contributed by atoms with Gasteiger partial charge in [0.25, 0.3) is 5.91 Å². The van der Waals surface area contributed by atoms with E-state index in [1.807, 2.05) is 37.7 Å². The molecule has 0 spiro atoms. The maximum atomic E-state index is 12.5. The maximum Gasteiger partial charge on any atom is 0.260 e. The van der Waals surface area contributed by atoms with Crippen LogP contribution < -0.4 is 5.32 Å². The molecular formula is C17H20N4O2S. The Kier molecular flexibility index (Phi) is 4.15. The van der Waals surface area contributed by atoms with Crippen LogP contribution in [0.15, 0.2) is 29.9 Å². The van der Waals surface area contributed by atoms with E-state index in [2.05, 4.69) is 16.4 Å². The lowest BCUT2D eigenvalue weighted by atomic mass is 9.89. The highest BCUT2D eigenvalue weighted by atomic mass is 32.1. The molecule has 0 bridgehead atoms. The summed E-state index contributed by atoms with van der Waals surface area (Å²) in [7, 11) is 3.09. The highest BCUT2D eigenvalue weighted by molar-refractivity contribution is 7.10. The number of ether oxygens (including phenoxy) is 1. The van der Waals surface area contributed by atoms with Gasteiger partial charge in [-0.15, -0.1) is 11.3 Å². The van der Waals surface area contributed by atoms with Crippen molar-refractivity contribution in [3.05, 3.63) is 40.3 Å². The van der Waals surface area contributed by atoms with Crippen molar-refractivity contribution in [2.45, 2.75) is 25.5 Å². The standard InChI is InChI=1S/C17H20N4O2S/c1-10-5-11(8-19-7-10)12-6-13(24-9-12)17(2)14(23-4)15(22)21(3)16(18)20-17/h5-9,14H,1-4H3,(H2,18,20)/t14-,17-/m1/s1. The number of aromatic nitrogens is 1. The fourth-order valence-corrected chi connectivity index (χ4v) is 3.98. The molecule has 2 N–H and O–H groups in total. The molecule has 0 saturated carbocycles. The Bertz CT molecular complexity index is 803. The number of likely N-dealkylation sites (N-methyl/N-ethyl adjacent to an activating group) is 1. The first-order chi connectivity index (χ1) is 11.4. The van der Waals surface area contributed by atoms with Crippen LogP contribution in [0.5, 0.6) is 0 Å². The van der Waals surface area contributed by atoms with E-state index in [9.17, 15) is 4.79 Å². The topological polar surface area (TPSA) is 78.3 Å².